The molecule has 4 nitrogen and oxygen atoms in total. The summed E-state index contributed by atoms with van der Waals surface area (Å²) in [4.78, 5) is 11.9. The van der Waals surface area contributed by atoms with Crippen molar-refractivity contribution in [1.82, 2.24) is 5.32 Å². The Bertz CT molecular complexity index is 693. The lowest BCUT2D eigenvalue weighted by Crippen LogP contribution is -2.32. The minimum absolute atomic E-state index is 0.00764. The predicted octanol–water partition coefficient (Wildman–Crippen LogP) is 4.00. The molecule has 0 spiro atoms. The fourth-order valence-corrected chi connectivity index (χ4v) is 2.43. The number of nitrogens with one attached hydrogen (secondary N) is 1. The summed E-state index contributed by atoms with van der Waals surface area (Å²) in [6.45, 7) is 9.15. The van der Waals surface area contributed by atoms with Crippen LogP contribution in [0.25, 0.3) is 0 Å². The monoisotopic (exact) mass is 341 g/mol. The summed E-state index contributed by atoms with van der Waals surface area (Å²) in [6, 6.07) is 13.9. The molecule has 2 aromatic carbocycles. The number of hydrogen-bond donors (Lipinski definition) is 1. The van der Waals surface area contributed by atoms with Gasteiger partial charge in [0.05, 0.1) is 6.54 Å². The van der Waals surface area contributed by atoms with Gasteiger partial charge in [-0.05, 0) is 49.1 Å². The van der Waals surface area contributed by atoms with Crippen molar-refractivity contribution >= 4 is 5.91 Å². The summed E-state index contributed by atoms with van der Waals surface area (Å²) < 4.78 is 11.3. The molecule has 2 rings (SSSR count). The van der Waals surface area contributed by atoms with E-state index in [0.717, 1.165) is 22.6 Å². The molecule has 0 unspecified atom stereocenters. The number of hydrogen-bond acceptors (Lipinski definition) is 3. The zero-order chi connectivity index (χ0) is 18.2. The second kappa shape index (κ2) is 9.11. The van der Waals surface area contributed by atoms with Crippen LogP contribution in [0.2, 0.25) is 0 Å². The Morgan fingerprint density at radius 2 is 1.68 bits per heavy atom. The van der Waals surface area contributed by atoms with Crippen LogP contribution in [-0.2, 0) is 4.79 Å². The van der Waals surface area contributed by atoms with Gasteiger partial charge in [-0.1, -0.05) is 43.7 Å². The molecule has 1 amide bonds. The van der Waals surface area contributed by atoms with E-state index in [2.05, 4.69) is 31.3 Å². The first kappa shape index (κ1) is 18.8. The first-order chi connectivity index (χ1) is 12.0. The van der Waals surface area contributed by atoms with E-state index in [9.17, 15) is 4.79 Å². The van der Waals surface area contributed by atoms with E-state index in [4.69, 9.17) is 9.47 Å². The molecular formula is C21H27NO3. The molecule has 0 aliphatic rings. The highest BCUT2D eigenvalue weighted by atomic mass is 16.5. The Balaban J connectivity index is 1.74. The van der Waals surface area contributed by atoms with Crippen molar-refractivity contribution < 1.29 is 14.3 Å². The van der Waals surface area contributed by atoms with Gasteiger partial charge in [0.2, 0.25) is 0 Å². The third-order valence-corrected chi connectivity index (χ3v) is 3.86. The zero-order valence-electron chi connectivity index (χ0n) is 15.5. The van der Waals surface area contributed by atoms with Gasteiger partial charge >= 0.3 is 0 Å². The van der Waals surface area contributed by atoms with Gasteiger partial charge in [0.15, 0.2) is 6.61 Å². The van der Waals surface area contributed by atoms with Crippen molar-refractivity contribution in [2.75, 3.05) is 19.8 Å². The van der Waals surface area contributed by atoms with Gasteiger partial charge in [0.25, 0.3) is 5.91 Å². The summed E-state index contributed by atoms with van der Waals surface area (Å²) >= 11 is 0. The molecule has 0 aromatic heterocycles. The van der Waals surface area contributed by atoms with Crippen molar-refractivity contribution in [3.8, 4) is 11.5 Å². The smallest absolute Gasteiger partial charge is 0.258 e. The largest absolute Gasteiger partial charge is 0.492 e. The average molecular weight is 341 g/mol. The quantitative estimate of drug-likeness (QED) is 0.738. The second-order valence-electron chi connectivity index (χ2n) is 6.50. The van der Waals surface area contributed by atoms with Crippen LogP contribution in [0.5, 0.6) is 11.5 Å². The molecule has 4 heteroatoms. The fourth-order valence-electron chi connectivity index (χ4n) is 2.43. The fraction of sp³-hybridized carbons (Fsp3) is 0.381. The highest BCUT2D eigenvalue weighted by molar-refractivity contribution is 5.77. The summed E-state index contributed by atoms with van der Waals surface area (Å²) in [6.07, 6.45) is 0. The molecule has 134 valence electrons. The summed E-state index contributed by atoms with van der Waals surface area (Å²) in [7, 11) is 0. The summed E-state index contributed by atoms with van der Waals surface area (Å²) in [5, 5.41) is 2.81. The first-order valence-electron chi connectivity index (χ1n) is 8.65. The van der Waals surface area contributed by atoms with Crippen molar-refractivity contribution in [2.45, 2.75) is 33.6 Å². The topological polar surface area (TPSA) is 47.6 Å². The summed E-state index contributed by atoms with van der Waals surface area (Å²) in [5.41, 5.74) is 3.42. The molecule has 1 N–H and O–H groups in total. The lowest BCUT2D eigenvalue weighted by Gasteiger charge is -2.15. The molecule has 0 radical (unpaired) electrons. The van der Waals surface area contributed by atoms with Gasteiger partial charge in [-0.3, -0.25) is 4.79 Å². The maximum Gasteiger partial charge on any atom is 0.258 e. The number of carbonyl (C=O) groups excluding carboxylic acids is 1. The number of benzene rings is 2. The van der Waals surface area contributed by atoms with Gasteiger partial charge in [-0.2, -0.15) is 0 Å². The molecule has 0 saturated carbocycles. The van der Waals surface area contributed by atoms with E-state index in [1.165, 1.54) is 5.56 Å². The molecular weight excluding hydrogens is 314 g/mol. The number of amides is 1. The van der Waals surface area contributed by atoms with Crippen LogP contribution in [0, 0.1) is 13.8 Å². The van der Waals surface area contributed by atoms with E-state index < -0.39 is 0 Å². The van der Waals surface area contributed by atoms with Gasteiger partial charge in [-0.15, -0.1) is 0 Å². The van der Waals surface area contributed by atoms with E-state index in [-0.39, 0.29) is 12.5 Å². The van der Waals surface area contributed by atoms with Gasteiger partial charge in [-0.25, -0.2) is 0 Å². The van der Waals surface area contributed by atoms with E-state index in [1.807, 2.05) is 44.2 Å². The average Bonchev–Trinajstić information content (AvgIpc) is 2.58. The Morgan fingerprint density at radius 3 is 2.36 bits per heavy atom. The Kier molecular flexibility index (Phi) is 6.87. The third kappa shape index (κ3) is 6.14. The Morgan fingerprint density at radius 1 is 1.00 bits per heavy atom. The maximum atomic E-state index is 11.9. The van der Waals surface area contributed by atoms with Crippen molar-refractivity contribution in [3.63, 3.8) is 0 Å². The van der Waals surface area contributed by atoms with E-state index >= 15 is 0 Å². The van der Waals surface area contributed by atoms with Crippen molar-refractivity contribution in [1.29, 1.82) is 0 Å². The molecule has 0 aliphatic carbocycles. The molecule has 25 heavy (non-hydrogen) atoms. The Hall–Kier alpha value is -2.49. The highest BCUT2D eigenvalue weighted by Gasteiger charge is 2.10. The predicted molar refractivity (Wildman–Crippen MR) is 100 cm³/mol. The molecule has 0 aliphatic heterocycles. The molecule has 0 saturated heterocycles. The molecule has 0 atom stereocenters. The number of aryl methyl sites for hydroxylation is 2. The van der Waals surface area contributed by atoms with Crippen molar-refractivity contribution in [2.24, 2.45) is 0 Å². The van der Waals surface area contributed by atoms with Crippen LogP contribution >= 0.6 is 0 Å². The number of carbonyl (C=O) groups is 1. The number of rotatable bonds is 8. The normalized spacial score (nSPS) is 10.6. The van der Waals surface area contributed by atoms with Crippen molar-refractivity contribution in [3.05, 3.63) is 59.2 Å². The molecule has 0 heterocycles. The van der Waals surface area contributed by atoms with Gasteiger partial charge in [0, 0.05) is 0 Å². The lowest BCUT2D eigenvalue weighted by molar-refractivity contribution is -0.123. The minimum atomic E-state index is -0.149. The van der Waals surface area contributed by atoms with Crippen LogP contribution in [-0.4, -0.2) is 25.7 Å². The van der Waals surface area contributed by atoms with Crippen LogP contribution in [0.1, 0.15) is 36.5 Å². The number of ether oxygens (including phenoxy) is 2. The maximum absolute atomic E-state index is 11.9. The van der Waals surface area contributed by atoms with E-state index in [0.29, 0.717) is 19.1 Å². The minimum Gasteiger partial charge on any atom is -0.492 e. The van der Waals surface area contributed by atoms with Crippen LogP contribution in [0.4, 0.5) is 0 Å². The van der Waals surface area contributed by atoms with E-state index in [1.54, 1.807) is 0 Å². The molecule has 0 bridgehead atoms. The van der Waals surface area contributed by atoms with Crippen LogP contribution < -0.4 is 14.8 Å². The first-order valence-corrected chi connectivity index (χ1v) is 8.65. The highest BCUT2D eigenvalue weighted by Crippen LogP contribution is 2.27. The van der Waals surface area contributed by atoms with Crippen LogP contribution in [0.15, 0.2) is 42.5 Å². The van der Waals surface area contributed by atoms with Gasteiger partial charge in [0.1, 0.15) is 18.1 Å². The zero-order valence-corrected chi connectivity index (χ0v) is 15.5. The molecule has 2 aromatic rings. The summed E-state index contributed by atoms with van der Waals surface area (Å²) in [5.74, 6) is 1.78. The standard InChI is InChI=1S/C21H27NO3/c1-15(2)19-10-7-17(4)13-20(19)25-14-21(23)22-11-12-24-18-8-5-16(3)6-9-18/h5-10,13,15H,11-12,14H2,1-4H3,(H,22,23). The van der Waals surface area contributed by atoms with Gasteiger partial charge < -0.3 is 14.8 Å². The second-order valence-corrected chi connectivity index (χ2v) is 6.50. The lowest BCUT2D eigenvalue weighted by atomic mass is 10.0. The van der Waals surface area contributed by atoms with Crippen LogP contribution in [0.3, 0.4) is 0 Å². The SMILES string of the molecule is Cc1ccc(OCCNC(=O)COc2cc(C)ccc2C(C)C)cc1. The third-order valence-electron chi connectivity index (χ3n) is 3.86. The Labute approximate surface area is 150 Å². The molecule has 0 fully saturated rings.